The van der Waals surface area contributed by atoms with Gasteiger partial charge in [-0.1, -0.05) is 6.42 Å². The third kappa shape index (κ3) is 4.86. The minimum atomic E-state index is -0.292. The number of rotatable bonds is 4. The molecule has 0 bridgehead atoms. The Morgan fingerprint density at radius 1 is 0.882 bits per heavy atom. The van der Waals surface area contributed by atoms with Gasteiger partial charge in [0.25, 0.3) is 5.91 Å². The third-order valence-electron chi connectivity index (χ3n) is 7.09. The van der Waals surface area contributed by atoms with Gasteiger partial charge in [-0.3, -0.25) is 14.5 Å². The number of carbonyl (C=O) groups is 2. The maximum absolute atomic E-state index is 13.5. The van der Waals surface area contributed by atoms with E-state index in [9.17, 15) is 14.0 Å². The van der Waals surface area contributed by atoms with E-state index in [1.807, 2.05) is 14.5 Å². The van der Waals surface area contributed by atoms with Gasteiger partial charge in [-0.25, -0.2) is 9.07 Å². The summed E-state index contributed by atoms with van der Waals surface area (Å²) in [7, 11) is 0. The highest BCUT2D eigenvalue weighted by atomic mass is 19.1. The minimum Gasteiger partial charge on any atom is -0.379 e. The molecule has 8 nitrogen and oxygen atoms in total. The Morgan fingerprint density at radius 3 is 2.29 bits per heavy atom. The predicted molar refractivity (Wildman–Crippen MR) is 125 cm³/mol. The van der Waals surface area contributed by atoms with Crippen molar-refractivity contribution in [2.75, 3.05) is 59.0 Å². The van der Waals surface area contributed by atoms with Crippen LogP contribution in [0.1, 0.15) is 41.0 Å². The molecule has 0 saturated carbocycles. The normalized spacial score (nSPS) is 19.6. The molecule has 0 atom stereocenters. The van der Waals surface area contributed by atoms with Crippen LogP contribution in [0.15, 0.2) is 24.3 Å². The van der Waals surface area contributed by atoms with Crippen LogP contribution in [0.4, 0.5) is 4.39 Å². The number of halogens is 1. The van der Waals surface area contributed by atoms with Crippen molar-refractivity contribution >= 4 is 11.8 Å². The number of benzene rings is 1. The summed E-state index contributed by atoms with van der Waals surface area (Å²) in [6, 6.07) is 6.27. The summed E-state index contributed by atoms with van der Waals surface area (Å²) in [5.41, 5.74) is 3.37. The minimum absolute atomic E-state index is 0.0701. The molecule has 2 aromatic rings. The van der Waals surface area contributed by atoms with E-state index in [1.165, 1.54) is 12.1 Å². The van der Waals surface area contributed by atoms with Crippen molar-refractivity contribution in [3.63, 3.8) is 0 Å². The van der Waals surface area contributed by atoms with Crippen molar-refractivity contribution in [2.24, 2.45) is 0 Å². The van der Waals surface area contributed by atoms with Gasteiger partial charge in [-0.15, -0.1) is 0 Å². The molecule has 1 aromatic carbocycles. The predicted octanol–water partition coefficient (Wildman–Crippen LogP) is 1.90. The second-order valence-corrected chi connectivity index (χ2v) is 9.28. The van der Waals surface area contributed by atoms with Crippen LogP contribution >= 0.6 is 0 Å². The average molecular weight is 470 g/mol. The number of hydrogen-bond acceptors (Lipinski definition) is 5. The molecular formula is C25H32FN5O3. The van der Waals surface area contributed by atoms with E-state index < -0.39 is 0 Å². The first-order valence-corrected chi connectivity index (χ1v) is 12.3. The Balaban J connectivity index is 1.29. The lowest BCUT2D eigenvalue weighted by Crippen LogP contribution is -2.53. The van der Waals surface area contributed by atoms with Crippen molar-refractivity contribution in [1.82, 2.24) is 24.5 Å². The van der Waals surface area contributed by atoms with Gasteiger partial charge in [0.1, 0.15) is 5.82 Å². The van der Waals surface area contributed by atoms with Gasteiger partial charge in [-0.05, 0) is 49.9 Å². The topological polar surface area (TPSA) is 70.9 Å². The number of aromatic nitrogens is 2. The Morgan fingerprint density at radius 2 is 1.56 bits per heavy atom. The Labute approximate surface area is 199 Å². The maximum Gasteiger partial charge on any atom is 0.274 e. The summed E-state index contributed by atoms with van der Waals surface area (Å²) < 4.78 is 20.7. The number of amides is 2. The first-order valence-electron chi connectivity index (χ1n) is 12.3. The summed E-state index contributed by atoms with van der Waals surface area (Å²) in [4.78, 5) is 32.1. The monoisotopic (exact) mass is 469 g/mol. The zero-order chi connectivity index (χ0) is 23.5. The highest BCUT2D eigenvalue weighted by molar-refractivity contribution is 5.94. The number of fused-ring (bicyclic) bond motifs is 1. The summed E-state index contributed by atoms with van der Waals surface area (Å²) in [5, 5.41) is 4.74. The van der Waals surface area contributed by atoms with Crippen LogP contribution in [0.5, 0.6) is 0 Å². The fourth-order valence-electron chi connectivity index (χ4n) is 5.10. The van der Waals surface area contributed by atoms with Crippen LogP contribution in [0.2, 0.25) is 0 Å². The molecule has 5 rings (SSSR count). The summed E-state index contributed by atoms with van der Waals surface area (Å²) in [6.45, 7) is 5.41. The molecule has 2 saturated heterocycles. The van der Waals surface area contributed by atoms with Crippen LogP contribution in [-0.4, -0.2) is 95.3 Å². The third-order valence-corrected chi connectivity index (χ3v) is 7.09. The van der Waals surface area contributed by atoms with Crippen molar-refractivity contribution in [3.05, 3.63) is 47.0 Å². The zero-order valence-electron chi connectivity index (χ0n) is 19.5. The van der Waals surface area contributed by atoms with E-state index >= 15 is 0 Å². The van der Waals surface area contributed by atoms with E-state index in [4.69, 9.17) is 9.84 Å². The van der Waals surface area contributed by atoms with Crippen molar-refractivity contribution in [1.29, 1.82) is 0 Å². The summed E-state index contributed by atoms with van der Waals surface area (Å²) in [5.74, 6) is -0.248. The van der Waals surface area contributed by atoms with Crippen LogP contribution < -0.4 is 0 Å². The van der Waals surface area contributed by atoms with Gasteiger partial charge in [0.05, 0.1) is 25.4 Å². The SMILES string of the molecule is O=C(CN1CCOCC1)N1CCN(C(=O)c2nn(-c3ccc(F)cc3)c3c2CCCCC3)CC1. The quantitative estimate of drug-likeness (QED) is 0.640. The molecule has 182 valence electrons. The highest BCUT2D eigenvalue weighted by Crippen LogP contribution is 2.27. The van der Waals surface area contributed by atoms with E-state index in [-0.39, 0.29) is 17.6 Å². The lowest BCUT2D eigenvalue weighted by molar-refractivity contribution is -0.134. The van der Waals surface area contributed by atoms with Crippen LogP contribution in [0.25, 0.3) is 5.69 Å². The molecule has 3 heterocycles. The van der Waals surface area contributed by atoms with Gasteiger partial charge >= 0.3 is 0 Å². The van der Waals surface area contributed by atoms with Crippen molar-refractivity contribution in [3.8, 4) is 5.69 Å². The standard InChI is InChI=1S/C25H32FN5O3/c26-19-6-8-20(9-7-19)31-22-5-3-1-2-4-21(22)24(27-31)25(33)30-12-10-29(11-13-30)23(32)18-28-14-16-34-17-15-28/h6-9H,1-5,10-18H2. The number of morpholine rings is 1. The zero-order valence-corrected chi connectivity index (χ0v) is 19.5. The average Bonchev–Trinajstić information content (AvgIpc) is 3.05. The fraction of sp³-hybridized carbons (Fsp3) is 0.560. The number of piperazine rings is 1. The van der Waals surface area contributed by atoms with Crippen LogP contribution in [-0.2, 0) is 22.4 Å². The lowest BCUT2D eigenvalue weighted by Gasteiger charge is -2.36. The molecule has 2 amide bonds. The lowest BCUT2D eigenvalue weighted by atomic mass is 10.1. The van der Waals surface area contributed by atoms with E-state index in [1.54, 1.807) is 12.1 Å². The molecule has 1 aromatic heterocycles. The van der Waals surface area contributed by atoms with Crippen LogP contribution in [0.3, 0.4) is 0 Å². The number of ether oxygens (including phenoxy) is 1. The van der Waals surface area contributed by atoms with Crippen molar-refractivity contribution < 1.29 is 18.7 Å². The molecule has 0 unspecified atom stereocenters. The van der Waals surface area contributed by atoms with Gasteiger partial charge < -0.3 is 14.5 Å². The van der Waals surface area contributed by atoms with E-state index in [2.05, 4.69) is 4.90 Å². The number of carbonyl (C=O) groups excluding carboxylic acids is 2. The molecule has 0 N–H and O–H groups in total. The second-order valence-electron chi connectivity index (χ2n) is 9.28. The second kappa shape index (κ2) is 10.2. The molecular weight excluding hydrogens is 437 g/mol. The Bertz CT molecular complexity index is 1020. The van der Waals surface area contributed by atoms with E-state index in [0.29, 0.717) is 51.6 Å². The fourth-order valence-corrected chi connectivity index (χ4v) is 5.10. The molecule has 3 aliphatic rings. The number of nitrogens with zero attached hydrogens (tertiary/aromatic N) is 5. The number of hydrogen-bond donors (Lipinski definition) is 0. The molecule has 1 aliphatic carbocycles. The Kier molecular flexibility index (Phi) is 6.92. The molecule has 2 aliphatic heterocycles. The Hall–Kier alpha value is -2.78. The molecule has 0 radical (unpaired) electrons. The molecule has 0 spiro atoms. The maximum atomic E-state index is 13.5. The van der Waals surface area contributed by atoms with Gasteiger partial charge in [-0.2, -0.15) is 5.10 Å². The van der Waals surface area contributed by atoms with E-state index in [0.717, 1.165) is 62.1 Å². The largest absolute Gasteiger partial charge is 0.379 e. The summed E-state index contributed by atoms with van der Waals surface area (Å²) in [6.07, 6.45) is 4.89. The highest BCUT2D eigenvalue weighted by Gasteiger charge is 2.31. The first-order chi connectivity index (χ1) is 16.6. The molecule has 34 heavy (non-hydrogen) atoms. The van der Waals surface area contributed by atoms with Crippen molar-refractivity contribution in [2.45, 2.75) is 32.1 Å². The first kappa shape index (κ1) is 23.0. The van der Waals surface area contributed by atoms with Crippen LogP contribution in [0, 0.1) is 5.82 Å². The molecule has 9 heteroatoms. The van der Waals surface area contributed by atoms with Gasteiger partial charge in [0.15, 0.2) is 5.69 Å². The van der Waals surface area contributed by atoms with Gasteiger partial charge in [0, 0.05) is 50.5 Å². The smallest absolute Gasteiger partial charge is 0.274 e. The van der Waals surface area contributed by atoms with Gasteiger partial charge in [0.2, 0.25) is 5.91 Å². The molecule has 2 fully saturated rings. The summed E-state index contributed by atoms with van der Waals surface area (Å²) >= 11 is 0.